The minimum Gasteiger partial charge on any atom is -0.481 e. The molecule has 0 atom stereocenters. The van der Waals surface area contributed by atoms with Gasteiger partial charge in [-0.2, -0.15) is 0 Å². The number of likely N-dealkylation sites (tertiary alicyclic amines) is 1. The molecule has 2 rings (SSSR count). The van der Waals surface area contributed by atoms with Crippen LogP contribution in [-0.4, -0.2) is 41.7 Å². The first-order valence-corrected chi connectivity index (χ1v) is 6.90. The molecular formula is C12H17N3O2S. The fourth-order valence-electron chi connectivity index (χ4n) is 1.85. The second-order valence-electron chi connectivity index (χ2n) is 4.12. The van der Waals surface area contributed by atoms with Crippen LogP contribution in [0.15, 0.2) is 17.2 Å². The number of carbonyl (C=O) groups is 1. The zero-order chi connectivity index (χ0) is 13.0. The van der Waals surface area contributed by atoms with Gasteiger partial charge in [0.15, 0.2) is 0 Å². The molecule has 0 bridgehead atoms. The van der Waals surface area contributed by atoms with Crippen molar-refractivity contribution in [1.29, 1.82) is 0 Å². The number of ether oxygens (including phenoxy) is 1. The molecule has 1 fully saturated rings. The first kappa shape index (κ1) is 13.0. The molecular weight excluding hydrogens is 250 g/mol. The molecule has 0 aliphatic carbocycles. The third-order valence-corrected chi connectivity index (χ3v) is 3.86. The van der Waals surface area contributed by atoms with Gasteiger partial charge in [0, 0.05) is 19.2 Å². The summed E-state index contributed by atoms with van der Waals surface area (Å²) in [5, 5.41) is 0.655. The van der Waals surface area contributed by atoms with E-state index in [1.165, 1.54) is 11.8 Å². The maximum atomic E-state index is 11.9. The fourth-order valence-corrected chi connectivity index (χ4v) is 2.68. The van der Waals surface area contributed by atoms with E-state index >= 15 is 0 Å². The summed E-state index contributed by atoms with van der Waals surface area (Å²) < 4.78 is 5.04. The summed E-state index contributed by atoms with van der Waals surface area (Å²) in [6, 6.07) is 3.45. The lowest BCUT2D eigenvalue weighted by Gasteiger charge is -2.14. The summed E-state index contributed by atoms with van der Waals surface area (Å²) in [5.41, 5.74) is 6.40. The molecule has 2 heterocycles. The molecule has 1 saturated heterocycles. The zero-order valence-electron chi connectivity index (χ0n) is 10.4. The van der Waals surface area contributed by atoms with E-state index in [4.69, 9.17) is 10.5 Å². The first-order valence-electron chi connectivity index (χ1n) is 5.92. The molecule has 98 valence electrons. The molecule has 5 nitrogen and oxygen atoms in total. The average Bonchev–Trinajstić information content (AvgIpc) is 2.91. The maximum Gasteiger partial charge on any atom is 0.232 e. The number of aromatic nitrogens is 1. The minimum absolute atomic E-state index is 0.154. The molecule has 1 aliphatic heterocycles. The van der Waals surface area contributed by atoms with Crippen LogP contribution in [0.3, 0.4) is 0 Å². The number of nitrogens with zero attached hydrogens (tertiary/aromatic N) is 2. The van der Waals surface area contributed by atoms with E-state index in [0.29, 0.717) is 22.3 Å². The summed E-state index contributed by atoms with van der Waals surface area (Å²) in [6.45, 7) is 1.75. The highest BCUT2D eigenvalue weighted by atomic mass is 32.2. The van der Waals surface area contributed by atoms with Crippen molar-refractivity contribution in [2.45, 2.75) is 17.9 Å². The number of rotatable bonds is 4. The molecule has 1 aromatic heterocycles. The molecule has 6 heteroatoms. The standard InChI is InChI=1S/C12H17N3O2S/c1-17-10-5-4-9(13)12(14-10)18-8-11(16)15-6-2-3-7-15/h4-5H,2-3,6-8,13H2,1H3. The molecule has 0 unspecified atom stereocenters. The van der Waals surface area contributed by atoms with Crippen molar-refractivity contribution in [1.82, 2.24) is 9.88 Å². The predicted molar refractivity (Wildman–Crippen MR) is 71.7 cm³/mol. The molecule has 1 aliphatic rings. The van der Waals surface area contributed by atoms with Gasteiger partial charge in [-0.15, -0.1) is 0 Å². The van der Waals surface area contributed by atoms with Gasteiger partial charge in [-0.25, -0.2) is 4.98 Å². The number of thioether (sulfide) groups is 1. The van der Waals surface area contributed by atoms with E-state index in [0.717, 1.165) is 25.9 Å². The van der Waals surface area contributed by atoms with Crippen molar-refractivity contribution in [2.24, 2.45) is 0 Å². The largest absolute Gasteiger partial charge is 0.481 e. The van der Waals surface area contributed by atoms with Gasteiger partial charge < -0.3 is 15.4 Å². The number of pyridine rings is 1. The Hall–Kier alpha value is -1.43. The topological polar surface area (TPSA) is 68.5 Å². The molecule has 0 radical (unpaired) electrons. The number of nitrogens with two attached hydrogens (primary N) is 1. The monoisotopic (exact) mass is 267 g/mol. The van der Waals surface area contributed by atoms with Gasteiger partial charge in [0.1, 0.15) is 5.03 Å². The van der Waals surface area contributed by atoms with Gasteiger partial charge in [-0.1, -0.05) is 11.8 Å². The number of amides is 1. The van der Waals surface area contributed by atoms with Crippen LogP contribution >= 0.6 is 11.8 Å². The Balaban J connectivity index is 1.94. The van der Waals surface area contributed by atoms with Crippen LogP contribution in [0.25, 0.3) is 0 Å². The second kappa shape index (κ2) is 5.95. The molecule has 0 saturated carbocycles. The number of nitrogen functional groups attached to an aromatic ring is 1. The number of hydrogen-bond acceptors (Lipinski definition) is 5. The van der Waals surface area contributed by atoms with Crippen molar-refractivity contribution in [3.8, 4) is 5.88 Å². The van der Waals surface area contributed by atoms with Crippen molar-refractivity contribution in [3.63, 3.8) is 0 Å². The molecule has 0 spiro atoms. The highest BCUT2D eigenvalue weighted by molar-refractivity contribution is 8.00. The fraction of sp³-hybridized carbons (Fsp3) is 0.500. The summed E-state index contributed by atoms with van der Waals surface area (Å²) >= 11 is 1.36. The molecule has 1 aromatic rings. The summed E-state index contributed by atoms with van der Waals surface area (Å²) in [7, 11) is 1.56. The van der Waals surface area contributed by atoms with Crippen LogP contribution < -0.4 is 10.5 Å². The number of hydrogen-bond donors (Lipinski definition) is 1. The SMILES string of the molecule is COc1ccc(N)c(SCC(=O)N2CCCC2)n1. The third kappa shape index (κ3) is 3.07. The Morgan fingerprint density at radius 3 is 2.89 bits per heavy atom. The van der Waals surface area contributed by atoms with Crippen LogP contribution in [0.1, 0.15) is 12.8 Å². The van der Waals surface area contributed by atoms with Crippen LogP contribution in [0.5, 0.6) is 5.88 Å². The highest BCUT2D eigenvalue weighted by Gasteiger charge is 2.18. The van der Waals surface area contributed by atoms with Crippen molar-refractivity contribution < 1.29 is 9.53 Å². The lowest BCUT2D eigenvalue weighted by Crippen LogP contribution is -2.29. The summed E-state index contributed by atoms with van der Waals surface area (Å²) in [4.78, 5) is 18.0. The molecule has 2 N–H and O–H groups in total. The van der Waals surface area contributed by atoms with Crippen LogP contribution in [0, 0.1) is 0 Å². The number of carbonyl (C=O) groups excluding carboxylic acids is 1. The summed E-state index contributed by atoms with van der Waals surface area (Å²) in [5.74, 6) is 1.05. The van der Waals surface area contributed by atoms with E-state index < -0.39 is 0 Å². The van der Waals surface area contributed by atoms with E-state index in [-0.39, 0.29) is 5.91 Å². The van der Waals surface area contributed by atoms with Crippen molar-refractivity contribution >= 4 is 23.4 Å². The van der Waals surface area contributed by atoms with Gasteiger partial charge in [0.05, 0.1) is 18.6 Å². The number of methoxy groups -OCH3 is 1. The Bertz CT molecular complexity index is 433. The van der Waals surface area contributed by atoms with E-state index in [1.54, 1.807) is 19.2 Å². The van der Waals surface area contributed by atoms with Gasteiger partial charge in [0.2, 0.25) is 11.8 Å². The Labute approximate surface area is 111 Å². The van der Waals surface area contributed by atoms with Gasteiger partial charge in [0.25, 0.3) is 0 Å². The zero-order valence-corrected chi connectivity index (χ0v) is 11.2. The quantitative estimate of drug-likeness (QED) is 0.835. The molecule has 18 heavy (non-hydrogen) atoms. The normalized spacial score (nSPS) is 14.8. The van der Waals surface area contributed by atoms with Gasteiger partial charge >= 0.3 is 0 Å². The Morgan fingerprint density at radius 1 is 1.50 bits per heavy atom. The average molecular weight is 267 g/mol. The van der Waals surface area contributed by atoms with Gasteiger partial charge in [-0.05, 0) is 18.9 Å². The molecule has 1 amide bonds. The molecule has 0 aromatic carbocycles. The Kier molecular flexibility index (Phi) is 4.30. The van der Waals surface area contributed by atoms with Gasteiger partial charge in [-0.3, -0.25) is 4.79 Å². The first-order chi connectivity index (χ1) is 8.70. The summed E-state index contributed by atoms with van der Waals surface area (Å²) in [6.07, 6.45) is 2.21. The lowest BCUT2D eigenvalue weighted by atomic mass is 10.4. The maximum absolute atomic E-state index is 11.9. The smallest absolute Gasteiger partial charge is 0.232 e. The van der Waals surface area contributed by atoms with Crippen LogP contribution in [0.2, 0.25) is 0 Å². The van der Waals surface area contributed by atoms with E-state index in [9.17, 15) is 4.79 Å². The number of anilines is 1. The van der Waals surface area contributed by atoms with Crippen LogP contribution in [0.4, 0.5) is 5.69 Å². The third-order valence-electron chi connectivity index (χ3n) is 2.86. The highest BCUT2D eigenvalue weighted by Crippen LogP contribution is 2.25. The second-order valence-corrected chi connectivity index (χ2v) is 5.09. The van der Waals surface area contributed by atoms with Crippen molar-refractivity contribution in [3.05, 3.63) is 12.1 Å². The van der Waals surface area contributed by atoms with Crippen LogP contribution in [-0.2, 0) is 4.79 Å². The van der Waals surface area contributed by atoms with Crippen molar-refractivity contribution in [2.75, 3.05) is 31.7 Å². The van der Waals surface area contributed by atoms with E-state index in [2.05, 4.69) is 4.98 Å². The minimum atomic E-state index is 0.154. The predicted octanol–water partition coefficient (Wildman–Crippen LogP) is 1.39. The Morgan fingerprint density at radius 2 is 2.22 bits per heavy atom. The lowest BCUT2D eigenvalue weighted by molar-refractivity contribution is -0.127. The van der Waals surface area contributed by atoms with E-state index in [1.807, 2.05) is 4.90 Å².